The summed E-state index contributed by atoms with van der Waals surface area (Å²) in [4.78, 5) is 51.8. The highest BCUT2D eigenvalue weighted by Gasteiger charge is 2.47. The number of carbonyl (C=O) groups is 4. The molecule has 1 aliphatic heterocycles. The van der Waals surface area contributed by atoms with Crippen molar-refractivity contribution in [2.45, 2.75) is 52.9 Å². The predicted octanol–water partition coefficient (Wildman–Crippen LogP) is 3.05. The third-order valence-electron chi connectivity index (χ3n) is 5.61. The van der Waals surface area contributed by atoms with Gasteiger partial charge in [0.1, 0.15) is 5.00 Å². The molecule has 3 rings (SSSR count). The van der Waals surface area contributed by atoms with Crippen molar-refractivity contribution in [1.29, 1.82) is 0 Å². The van der Waals surface area contributed by atoms with E-state index < -0.39 is 5.97 Å². The molecule has 2 heterocycles. The van der Waals surface area contributed by atoms with Crippen LogP contribution in [0.4, 0.5) is 5.00 Å². The van der Waals surface area contributed by atoms with Crippen LogP contribution in [0, 0.1) is 25.7 Å². The molecular formula is C20H26N2O5S. The minimum absolute atomic E-state index is 0.00911. The molecule has 7 nitrogen and oxygen atoms in total. The van der Waals surface area contributed by atoms with Crippen molar-refractivity contribution < 1.29 is 23.9 Å². The minimum Gasteiger partial charge on any atom is -0.462 e. The van der Waals surface area contributed by atoms with E-state index >= 15 is 0 Å². The van der Waals surface area contributed by atoms with Gasteiger partial charge in [0.25, 0.3) is 0 Å². The number of aryl methyl sites for hydroxylation is 1. The fraction of sp³-hybridized carbons (Fsp3) is 0.600. The molecule has 1 aliphatic carbocycles. The van der Waals surface area contributed by atoms with E-state index in [2.05, 4.69) is 5.32 Å². The molecule has 0 radical (unpaired) electrons. The van der Waals surface area contributed by atoms with Crippen molar-refractivity contribution in [3.63, 3.8) is 0 Å². The number of hydrogen-bond donors (Lipinski definition) is 1. The van der Waals surface area contributed by atoms with Gasteiger partial charge >= 0.3 is 5.97 Å². The van der Waals surface area contributed by atoms with Gasteiger partial charge in [-0.1, -0.05) is 12.8 Å². The van der Waals surface area contributed by atoms with Crippen LogP contribution in [-0.4, -0.2) is 41.7 Å². The average molecular weight is 407 g/mol. The van der Waals surface area contributed by atoms with Crippen molar-refractivity contribution in [3.8, 4) is 0 Å². The normalized spacial score (nSPS) is 21.6. The Kier molecular flexibility index (Phi) is 6.17. The summed E-state index contributed by atoms with van der Waals surface area (Å²) in [6, 6.07) is 0. The van der Waals surface area contributed by atoms with E-state index in [0.717, 1.165) is 36.1 Å². The fourth-order valence-electron chi connectivity index (χ4n) is 4.02. The van der Waals surface area contributed by atoms with Crippen LogP contribution in [0.2, 0.25) is 0 Å². The standard InChI is InChI=1S/C20H26N2O5S/c1-4-27-20(26)16-11(2)12(3)28-17(16)21-15(23)9-10-22-18(24)13-7-5-6-8-14(13)19(22)25/h13-14H,4-10H2,1-3H3,(H,21,23)/t13-,14+. The molecule has 1 N–H and O–H groups in total. The lowest BCUT2D eigenvalue weighted by atomic mass is 9.81. The molecule has 8 heteroatoms. The smallest absolute Gasteiger partial charge is 0.341 e. The first-order valence-electron chi connectivity index (χ1n) is 9.77. The van der Waals surface area contributed by atoms with Crippen molar-refractivity contribution in [2.24, 2.45) is 11.8 Å². The van der Waals surface area contributed by atoms with Gasteiger partial charge in [0.2, 0.25) is 17.7 Å². The van der Waals surface area contributed by atoms with Gasteiger partial charge in [-0.05, 0) is 39.2 Å². The van der Waals surface area contributed by atoms with Gasteiger partial charge in [0.05, 0.1) is 24.0 Å². The first kappa shape index (κ1) is 20.5. The Morgan fingerprint density at radius 2 is 1.75 bits per heavy atom. The summed E-state index contributed by atoms with van der Waals surface area (Å²) in [7, 11) is 0. The van der Waals surface area contributed by atoms with Crippen molar-refractivity contribution in [1.82, 2.24) is 4.90 Å². The van der Waals surface area contributed by atoms with Crippen LogP contribution >= 0.6 is 11.3 Å². The Bertz CT molecular complexity index is 792. The fourth-order valence-corrected chi connectivity index (χ4v) is 5.08. The number of amides is 3. The molecule has 1 aromatic rings. The van der Waals surface area contributed by atoms with E-state index in [0.29, 0.717) is 10.6 Å². The molecule has 0 spiro atoms. The molecule has 1 aromatic heterocycles. The number of carbonyl (C=O) groups excluding carboxylic acids is 4. The first-order valence-corrected chi connectivity index (χ1v) is 10.6. The van der Waals surface area contributed by atoms with Crippen LogP contribution in [0.5, 0.6) is 0 Å². The van der Waals surface area contributed by atoms with E-state index in [-0.39, 0.29) is 49.1 Å². The van der Waals surface area contributed by atoms with Gasteiger partial charge in [-0.25, -0.2) is 4.79 Å². The third-order valence-corrected chi connectivity index (χ3v) is 6.74. The molecule has 1 saturated carbocycles. The zero-order valence-electron chi connectivity index (χ0n) is 16.5. The van der Waals surface area contributed by atoms with Gasteiger partial charge in [0.15, 0.2) is 0 Å². The van der Waals surface area contributed by atoms with Gasteiger partial charge in [0, 0.05) is 17.8 Å². The van der Waals surface area contributed by atoms with Crippen LogP contribution in [0.3, 0.4) is 0 Å². The molecule has 3 amide bonds. The van der Waals surface area contributed by atoms with Crippen LogP contribution < -0.4 is 5.32 Å². The average Bonchev–Trinajstić information content (AvgIpc) is 3.07. The summed E-state index contributed by atoms with van der Waals surface area (Å²) < 4.78 is 5.09. The maximum absolute atomic E-state index is 12.5. The zero-order chi connectivity index (χ0) is 20.4. The lowest BCUT2D eigenvalue weighted by Crippen LogP contribution is -2.34. The molecule has 0 bridgehead atoms. The topological polar surface area (TPSA) is 92.8 Å². The number of nitrogens with one attached hydrogen (secondary N) is 1. The van der Waals surface area contributed by atoms with Crippen LogP contribution in [-0.2, 0) is 19.1 Å². The van der Waals surface area contributed by atoms with Crippen molar-refractivity contribution in [2.75, 3.05) is 18.5 Å². The van der Waals surface area contributed by atoms with E-state index in [1.54, 1.807) is 6.92 Å². The number of thiophene rings is 1. The largest absolute Gasteiger partial charge is 0.462 e. The Morgan fingerprint density at radius 1 is 1.14 bits per heavy atom. The Balaban J connectivity index is 1.64. The van der Waals surface area contributed by atoms with Crippen LogP contribution in [0.1, 0.15) is 59.8 Å². The lowest BCUT2D eigenvalue weighted by molar-refractivity contribution is -0.140. The second-order valence-electron chi connectivity index (χ2n) is 7.33. The van der Waals surface area contributed by atoms with Gasteiger partial charge in [-0.15, -0.1) is 11.3 Å². The maximum atomic E-state index is 12.5. The van der Waals surface area contributed by atoms with Crippen molar-refractivity contribution >= 4 is 40.0 Å². The maximum Gasteiger partial charge on any atom is 0.341 e. The highest BCUT2D eigenvalue weighted by Crippen LogP contribution is 2.38. The summed E-state index contributed by atoms with van der Waals surface area (Å²) in [6.07, 6.45) is 3.48. The summed E-state index contributed by atoms with van der Waals surface area (Å²) in [5.74, 6) is -1.49. The number of rotatable bonds is 6. The molecule has 0 unspecified atom stereocenters. The molecule has 2 atom stereocenters. The van der Waals surface area contributed by atoms with E-state index in [4.69, 9.17) is 4.74 Å². The van der Waals surface area contributed by atoms with Crippen LogP contribution in [0.15, 0.2) is 0 Å². The Labute approximate surface area is 168 Å². The molecule has 2 aliphatic rings. The number of nitrogens with zero attached hydrogens (tertiary/aromatic N) is 1. The molecule has 2 fully saturated rings. The number of esters is 1. The Morgan fingerprint density at radius 3 is 2.32 bits per heavy atom. The van der Waals surface area contributed by atoms with Crippen LogP contribution in [0.25, 0.3) is 0 Å². The molecule has 0 aromatic carbocycles. The lowest BCUT2D eigenvalue weighted by Gasteiger charge is -2.19. The summed E-state index contributed by atoms with van der Waals surface area (Å²) >= 11 is 1.32. The first-order chi connectivity index (χ1) is 13.3. The SMILES string of the molecule is CCOC(=O)c1c(NC(=O)CCN2C(=O)[C@H]3CCCC[C@H]3C2=O)sc(C)c1C. The number of anilines is 1. The highest BCUT2D eigenvalue weighted by molar-refractivity contribution is 7.16. The summed E-state index contributed by atoms with van der Waals surface area (Å²) in [6.45, 7) is 5.75. The second-order valence-corrected chi connectivity index (χ2v) is 8.56. The molecular weight excluding hydrogens is 380 g/mol. The molecule has 1 saturated heterocycles. The Hall–Kier alpha value is -2.22. The van der Waals surface area contributed by atoms with Gasteiger partial charge in [-0.3, -0.25) is 19.3 Å². The number of fused-ring (bicyclic) bond motifs is 1. The molecule has 28 heavy (non-hydrogen) atoms. The van der Waals surface area contributed by atoms with E-state index in [1.165, 1.54) is 16.2 Å². The van der Waals surface area contributed by atoms with Gasteiger partial charge < -0.3 is 10.1 Å². The number of hydrogen-bond acceptors (Lipinski definition) is 6. The van der Waals surface area contributed by atoms with E-state index in [1.807, 2.05) is 13.8 Å². The van der Waals surface area contributed by atoms with Gasteiger partial charge in [-0.2, -0.15) is 0 Å². The zero-order valence-corrected chi connectivity index (χ0v) is 17.3. The number of imide groups is 1. The highest BCUT2D eigenvalue weighted by atomic mass is 32.1. The minimum atomic E-state index is -0.464. The van der Waals surface area contributed by atoms with E-state index in [9.17, 15) is 19.2 Å². The number of ether oxygens (including phenoxy) is 1. The van der Waals surface area contributed by atoms with Crippen molar-refractivity contribution in [3.05, 3.63) is 16.0 Å². The third kappa shape index (κ3) is 3.83. The monoisotopic (exact) mass is 406 g/mol. The summed E-state index contributed by atoms with van der Waals surface area (Å²) in [5.41, 5.74) is 1.16. The molecule has 152 valence electrons. The predicted molar refractivity (Wildman–Crippen MR) is 105 cm³/mol. The summed E-state index contributed by atoms with van der Waals surface area (Å²) in [5, 5.41) is 3.21. The second kappa shape index (κ2) is 8.43. The quantitative estimate of drug-likeness (QED) is 0.579. The number of likely N-dealkylation sites (tertiary alicyclic amines) is 1.